The molecule has 6 heteroatoms. The van der Waals surface area contributed by atoms with Crippen LogP contribution in [0.3, 0.4) is 0 Å². The highest BCUT2D eigenvalue weighted by molar-refractivity contribution is 7.16. The van der Waals surface area contributed by atoms with Crippen molar-refractivity contribution in [3.05, 3.63) is 35.0 Å². The van der Waals surface area contributed by atoms with Crippen molar-refractivity contribution in [1.82, 2.24) is 19.6 Å². The van der Waals surface area contributed by atoms with E-state index in [0.29, 0.717) is 11.6 Å². The number of hydrogen-bond acceptors (Lipinski definition) is 5. The topological polar surface area (TPSA) is 56.2 Å². The zero-order valence-corrected chi connectivity index (χ0v) is 11.2. The first-order valence-corrected chi connectivity index (χ1v) is 6.71. The number of benzene rings is 1. The number of rotatable bonds is 1. The van der Waals surface area contributed by atoms with E-state index >= 15 is 0 Å². The summed E-state index contributed by atoms with van der Waals surface area (Å²) in [7, 11) is 0. The summed E-state index contributed by atoms with van der Waals surface area (Å²) in [5.74, 6) is 0.538. The van der Waals surface area contributed by atoms with Crippen LogP contribution >= 0.6 is 11.3 Å². The van der Waals surface area contributed by atoms with E-state index < -0.39 is 0 Å². The molecule has 19 heavy (non-hydrogen) atoms. The summed E-state index contributed by atoms with van der Waals surface area (Å²) in [4.78, 5) is 9.81. The van der Waals surface area contributed by atoms with Gasteiger partial charge in [0.2, 0.25) is 10.9 Å². The highest BCUT2D eigenvalue weighted by Crippen LogP contribution is 2.25. The molecule has 0 unspecified atom stereocenters. The van der Waals surface area contributed by atoms with E-state index in [4.69, 9.17) is 4.42 Å². The van der Waals surface area contributed by atoms with Gasteiger partial charge in [-0.15, -0.1) is 0 Å². The lowest BCUT2D eigenvalue weighted by molar-refractivity contribution is 0.617. The third kappa shape index (κ3) is 1.64. The van der Waals surface area contributed by atoms with E-state index in [9.17, 15) is 0 Å². The fourth-order valence-corrected chi connectivity index (χ4v) is 2.77. The molecule has 0 fully saturated rings. The Balaban J connectivity index is 1.90. The van der Waals surface area contributed by atoms with Crippen LogP contribution in [0.2, 0.25) is 0 Å². The summed E-state index contributed by atoms with van der Waals surface area (Å²) in [5, 5.41) is 5.32. The van der Waals surface area contributed by atoms with Gasteiger partial charge in [0.25, 0.3) is 0 Å². The third-order valence-corrected chi connectivity index (χ3v) is 3.74. The van der Waals surface area contributed by atoms with Crippen molar-refractivity contribution in [2.45, 2.75) is 13.8 Å². The molecule has 94 valence electrons. The van der Waals surface area contributed by atoms with Crippen molar-refractivity contribution in [2.75, 3.05) is 0 Å². The summed E-state index contributed by atoms with van der Waals surface area (Å²) in [6, 6.07) is 5.94. The number of hydrogen-bond donors (Lipinski definition) is 0. The first kappa shape index (κ1) is 10.7. The second kappa shape index (κ2) is 3.64. The molecule has 0 N–H and O–H groups in total. The molecule has 4 aromatic rings. The lowest BCUT2D eigenvalue weighted by atomic mass is 10.2. The Hall–Kier alpha value is -2.21. The van der Waals surface area contributed by atoms with Gasteiger partial charge in [-0.25, -0.2) is 14.5 Å². The number of aryl methyl sites for hydroxylation is 2. The first-order chi connectivity index (χ1) is 9.19. The van der Waals surface area contributed by atoms with Crippen LogP contribution in [-0.2, 0) is 0 Å². The minimum absolute atomic E-state index is 0.538. The Morgan fingerprint density at radius 3 is 2.95 bits per heavy atom. The number of oxazole rings is 1. The van der Waals surface area contributed by atoms with Gasteiger partial charge in [0.15, 0.2) is 5.58 Å². The Bertz CT molecular complexity index is 870. The second-order valence-electron chi connectivity index (χ2n) is 4.46. The molecule has 0 saturated heterocycles. The van der Waals surface area contributed by atoms with E-state index in [1.165, 1.54) is 0 Å². The highest BCUT2D eigenvalue weighted by Gasteiger charge is 2.13. The van der Waals surface area contributed by atoms with Crippen LogP contribution in [-0.4, -0.2) is 19.6 Å². The van der Waals surface area contributed by atoms with Crippen LogP contribution in [0.4, 0.5) is 0 Å². The van der Waals surface area contributed by atoms with Gasteiger partial charge in [-0.2, -0.15) is 5.10 Å². The van der Waals surface area contributed by atoms with E-state index in [0.717, 1.165) is 26.6 Å². The van der Waals surface area contributed by atoms with E-state index in [-0.39, 0.29) is 0 Å². The largest absolute Gasteiger partial charge is 0.435 e. The van der Waals surface area contributed by atoms with Gasteiger partial charge in [-0.3, -0.25) is 0 Å². The fourth-order valence-electron chi connectivity index (χ4n) is 2.05. The molecule has 0 atom stereocenters. The van der Waals surface area contributed by atoms with E-state index in [1.807, 2.05) is 38.2 Å². The van der Waals surface area contributed by atoms with Gasteiger partial charge < -0.3 is 4.42 Å². The first-order valence-electron chi connectivity index (χ1n) is 5.89. The molecule has 3 heterocycles. The third-order valence-electron chi connectivity index (χ3n) is 2.91. The Labute approximate surface area is 112 Å². The fraction of sp³-hybridized carbons (Fsp3) is 0.154. The predicted octanol–water partition coefficient (Wildman–Crippen LogP) is 3.22. The molecule has 5 nitrogen and oxygen atoms in total. The quantitative estimate of drug-likeness (QED) is 0.533. The second-order valence-corrected chi connectivity index (χ2v) is 5.62. The average Bonchev–Trinajstić information content (AvgIpc) is 2.99. The maximum absolute atomic E-state index is 5.73. The molecular formula is C13H10N4OS. The lowest BCUT2D eigenvalue weighted by Gasteiger charge is -1.87. The lowest BCUT2D eigenvalue weighted by Crippen LogP contribution is -1.80. The molecule has 0 saturated carbocycles. The normalized spacial score (nSPS) is 11.7. The Kier molecular flexibility index (Phi) is 2.05. The minimum atomic E-state index is 0.538. The van der Waals surface area contributed by atoms with Gasteiger partial charge >= 0.3 is 0 Å². The smallest absolute Gasteiger partial charge is 0.247 e. The van der Waals surface area contributed by atoms with Crippen LogP contribution in [0.25, 0.3) is 27.6 Å². The SMILES string of the molecule is Cc1ccc2oc(-c3cn4nc(C)sc4n3)nc2c1. The maximum atomic E-state index is 5.73. The van der Waals surface area contributed by atoms with Crippen LogP contribution in [0, 0.1) is 13.8 Å². The van der Waals surface area contributed by atoms with Crippen LogP contribution < -0.4 is 0 Å². The van der Waals surface area contributed by atoms with E-state index in [2.05, 4.69) is 15.1 Å². The molecule has 0 aliphatic heterocycles. The maximum Gasteiger partial charge on any atom is 0.247 e. The predicted molar refractivity (Wildman–Crippen MR) is 73.3 cm³/mol. The van der Waals surface area contributed by atoms with Crippen LogP contribution in [0.15, 0.2) is 28.8 Å². The number of imidazole rings is 1. The molecule has 0 amide bonds. The van der Waals surface area contributed by atoms with Gasteiger partial charge in [0.1, 0.15) is 16.2 Å². The summed E-state index contributed by atoms with van der Waals surface area (Å²) in [6.45, 7) is 3.99. The highest BCUT2D eigenvalue weighted by atomic mass is 32.1. The Morgan fingerprint density at radius 2 is 2.11 bits per heavy atom. The van der Waals surface area contributed by atoms with Gasteiger partial charge in [0, 0.05) is 0 Å². The van der Waals surface area contributed by atoms with Crippen LogP contribution in [0.5, 0.6) is 0 Å². The molecular weight excluding hydrogens is 260 g/mol. The Morgan fingerprint density at radius 1 is 1.21 bits per heavy atom. The molecule has 0 radical (unpaired) electrons. The van der Waals surface area contributed by atoms with Crippen molar-refractivity contribution >= 4 is 27.4 Å². The average molecular weight is 270 g/mol. The molecule has 0 bridgehead atoms. The van der Waals surface area contributed by atoms with Crippen molar-refractivity contribution in [3.8, 4) is 11.6 Å². The number of nitrogens with zero attached hydrogens (tertiary/aromatic N) is 4. The molecule has 0 aliphatic rings. The standard InChI is InChI=1S/C13H10N4OS/c1-7-3-4-11-9(5-7)14-12(18-11)10-6-17-13(15-10)19-8(2)16-17/h3-6H,1-2H3. The zero-order chi connectivity index (χ0) is 13.0. The minimum Gasteiger partial charge on any atom is -0.435 e. The van der Waals surface area contributed by atoms with Crippen molar-refractivity contribution in [1.29, 1.82) is 0 Å². The monoisotopic (exact) mass is 270 g/mol. The van der Waals surface area contributed by atoms with Gasteiger partial charge in [-0.1, -0.05) is 17.4 Å². The van der Waals surface area contributed by atoms with Gasteiger partial charge in [0.05, 0.1) is 6.20 Å². The summed E-state index contributed by atoms with van der Waals surface area (Å²) >= 11 is 1.55. The summed E-state index contributed by atoms with van der Waals surface area (Å²) in [6.07, 6.45) is 1.84. The molecule has 4 rings (SSSR count). The molecule has 0 aliphatic carbocycles. The number of fused-ring (bicyclic) bond motifs is 2. The number of aromatic nitrogens is 4. The van der Waals surface area contributed by atoms with E-state index in [1.54, 1.807) is 15.9 Å². The summed E-state index contributed by atoms with van der Waals surface area (Å²) in [5.41, 5.74) is 3.51. The molecule has 0 spiro atoms. The summed E-state index contributed by atoms with van der Waals surface area (Å²) < 4.78 is 7.49. The van der Waals surface area contributed by atoms with Crippen molar-refractivity contribution in [3.63, 3.8) is 0 Å². The van der Waals surface area contributed by atoms with Gasteiger partial charge in [-0.05, 0) is 31.5 Å². The van der Waals surface area contributed by atoms with Crippen molar-refractivity contribution in [2.24, 2.45) is 0 Å². The molecule has 3 aromatic heterocycles. The van der Waals surface area contributed by atoms with Crippen molar-refractivity contribution < 1.29 is 4.42 Å². The zero-order valence-electron chi connectivity index (χ0n) is 10.4. The molecule has 1 aromatic carbocycles. The van der Waals surface area contributed by atoms with Crippen LogP contribution in [0.1, 0.15) is 10.6 Å².